The maximum atomic E-state index is 11.9. The summed E-state index contributed by atoms with van der Waals surface area (Å²) in [5.74, 6) is -0.176. The van der Waals surface area contributed by atoms with Gasteiger partial charge in [-0.25, -0.2) is 0 Å². The number of carbonyl (C=O) groups excluding carboxylic acids is 2. The summed E-state index contributed by atoms with van der Waals surface area (Å²) in [6.45, 7) is 4.74. The molecule has 0 saturated heterocycles. The molecule has 0 atom stereocenters. The van der Waals surface area contributed by atoms with Gasteiger partial charge in [0, 0.05) is 24.6 Å². The van der Waals surface area contributed by atoms with Gasteiger partial charge in [0.25, 0.3) is 5.91 Å². The Bertz CT molecular complexity index is 502. The van der Waals surface area contributed by atoms with Gasteiger partial charge in [-0.2, -0.15) is 0 Å². The molecule has 1 rings (SSSR count). The second-order valence-electron chi connectivity index (χ2n) is 4.69. The molecular weight excluding hydrogens is 311 g/mol. The SMILES string of the molecule is CCC(CC)C(=O)NCCNC(=O)c1ccc(Cl)c(Cl)c1. The molecule has 0 saturated carbocycles. The zero-order valence-corrected chi connectivity index (χ0v) is 13.7. The van der Waals surface area contributed by atoms with Gasteiger partial charge < -0.3 is 10.6 Å². The van der Waals surface area contributed by atoms with Gasteiger partial charge in [0.2, 0.25) is 5.91 Å². The van der Waals surface area contributed by atoms with Crippen LogP contribution in [0, 0.1) is 5.92 Å². The summed E-state index contributed by atoms with van der Waals surface area (Å²) >= 11 is 11.7. The Balaban J connectivity index is 2.37. The van der Waals surface area contributed by atoms with E-state index in [-0.39, 0.29) is 17.7 Å². The maximum absolute atomic E-state index is 11.9. The molecule has 0 spiro atoms. The van der Waals surface area contributed by atoms with Crippen LogP contribution in [0.2, 0.25) is 10.0 Å². The van der Waals surface area contributed by atoms with E-state index in [0.717, 1.165) is 12.8 Å². The fraction of sp³-hybridized carbons (Fsp3) is 0.467. The summed E-state index contributed by atoms with van der Waals surface area (Å²) in [5, 5.41) is 6.28. The number of amides is 2. The van der Waals surface area contributed by atoms with Crippen LogP contribution in [0.5, 0.6) is 0 Å². The van der Waals surface area contributed by atoms with Gasteiger partial charge in [-0.1, -0.05) is 37.0 Å². The van der Waals surface area contributed by atoms with Crippen LogP contribution in [0.3, 0.4) is 0 Å². The number of carbonyl (C=O) groups is 2. The Morgan fingerprint density at radius 1 is 1.05 bits per heavy atom. The van der Waals surface area contributed by atoms with Crippen molar-refractivity contribution < 1.29 is 9.59 Å². The van der Waals surface area contributed by atoms with Crippen LogP contribution < -0.4 is 10.6 Å². The van der Waals surface area contributed by atoms with E-state index in [1.54, 1.807) is 12.1 Å². The lowest BCUT2D eigenvalue weighted by molar-refractivity contribution is -0.125. The van der Waals surface area contributed by atoms with E-state index in [2.05, 4.69) is 10.6 Å². The van der Waals surface area contributed by atoms with Gasteiger partial charge in [0.05, 0.1) is 10.0 Å². The average Bonchev–Trinajstić information content (AvgIpc) is 2.47. The second kappa shape index (κ2) is 8.90. The Morgan fingerprint density at radius 2 is 1.67 bits per heavy atom. The van der Waals surface area contributed by atoms with Crippen molar-refractivity contribution in [2.24, 2.45) is 5.92 Å². The molecule has 4 nitrogen and oxygen atoms in total. The molecule has 0 aliphatic heterocycles. The number of hydrogen-bond acceptors (Lipinski definition) is 2. The number of nitrogens with one attached hydrogen (secondary N) is 2. The van der Waals surface area contributed by atoms with Gasteiger partial charge in [-0.05, 0) is 31.0 Å². The highest BCUT2D eigenvalue weighted by Gasteiger charge is 2.13. The molecule has 1 aromatic rings. The first-order chi connectivity index (χ1) is 9.99. The van der Waals surface area contributed by atoms with E-state index >= 15 is 0 Å². The van der Waals surface area contributed by atoms with Crippen LogP contribution >= 0.6 is 23.2 Å². The minimum absolute atomic E-state index is 0.0313. The average molecular weight is 331 g/mol. The molecular formula is C15H20Cl2N2O2. The van der Waals surface area contributed by atoms with Crippen molar-refractivity contribution in [3.63, 3.8) is 0 Å². The first-order valence-corrected chi connectivity index (χ1v) is 7.76. The number of halogens is 2. The molecule has 0 bridgehead atoms. The predicted molar refractivity (Wildman–Crippen MR) is 85.9 cm³/mol. The fourth-order valence-electron chi connectivity index (χ4n) is 1.90. The molecule has 0 heterocycles. The normalized spacial score (nSPS) is 10.5. The summed E-state index contributed by atoms with van der Waals surface area (Å²) in [5.41, 5.74) is 0.440. The third-order valence-corrected chi connectivity index (χ3v) is 3.99. The molecule has 2 N–H and O–H groups in total. The van der Waals surface area contributed by atoms with Crippen LogP contribution in [0.15, 0.2) is 18.2 Å². The Labute approximate surface area is 135 Å². The monoisotopic (exact) mass is 330 g/mol. The quantitative estimate of drug-likeness (QED) is 0.754. The van der Waals surface area contributed by atoms with Gasteiger partial charge >= 0.3 is 0 Å². The standard InChI is InChI=1S/C15H20Cl2N2O2/c1-3-10(4-2)14(20)18-7-8-19-15(21)11-5-6-12(16)13(17)9-11/h5-6,9-10H,3-4,7-8H2,1-2H3,(H,18,20)(H,19,21). The van der Waals surface area contributed by atoms with Crippen LogP contribution in [0.4, 0.5) is 0 Å². The topological polar surface area (TPSA) is 58.2 Å². The van der Waals surface area contributed by atoms with Gasteiger partial charge in [-0.15, -0.1) is 0 Å². The first-order valence-electron chi connectivity index (χ1n) is 7.00. The predicted octanol–water partition coefficient (Wildman–Crippen LogP) is 3.28. The van der Waals surface area contributed by atoms with Crippen LogP contribution in [0.1, 0.15) is 37.0 Å². The zero-order valence-electron chi connectivity index (χ0n) is 12.2. The lowest BCUT2D eigenvalue weighted by atomic mass is 10.0. The Morgan fingerprint density at radius 3 is 2.24 bits per heavy atom. The molecule has 6 heteroatoms. The zero-order chi connectivity index (χ0) is 15.8. The molecule has 0 aromatic heterocycles. The second-order valence-corrected chi connectivity index (χ2v) is 5.50. The van der Waals surface area contributed by atoms with E-state index < -0.39 is 0 Å². The highest BCUT2D eigenvalue weighted by molar-refractivity contribution is 6.42. The van der Waals surface area contributed by atoms with Crippen LogP contribution in [-0.4, -0.2) is 24.9 Å². The molecule has 21 heavy (non-hydrogen) atoms. The van der Waals surface area contributed by atoms with E-state index in [0.29, 0.717) is 28.7 Å². The minimum Gasteiger partial charge on any atom is -0.354 e. The Hall–Kier alpha value is -1.26. The van der Waals surface area contributed by atoms with Crippen molar-refractivity contribution in [2.45, 2.75) is 26.7 Å². The van der Waals surface area contributed by atoms with Crippen molar-refractivity contribution in [3.8, 4) is 0 Å². The lowest BCUT2D eigenvalue weighted by Crippen LogP contribution is -2.37. The van der Waals surface area contributed by atoms with Crippen molar-refractivity contribution >= 4 is 35.0 Å². The highest BCUT2D eigenvalue weighted by atomic mass is 35.5. The van der Waals surface area contributed by atoms with Crippen molar-refractivity contribution in [3.05, 3.63) is 33.8 Å². The third kappa shape index (κ3) is 5.56. The number of benzene rings is 1. The van der Waals surface area contributed by atoms with Gasteiger partial charge in [0.15, 0.2) is 0 Å². The molecule has 0 aliphatic rings. The maximum Gasteiger partial charge on any atom is 0.251 e. The molecule has 0 aliphatic carbocycles. The minimum atomic E-state index is -0.245. The largest absolute Gasteiger partial charge is 0.354 e. The van der Waals surface area contributed by atoms with Gasteiger partial charge in [-0.3, -0.25) is 9.59 Å². The lowest BCUT2D eigenvalue weighted by Gasteiger charge is -2.13. The molecule has 1 aromatic carbocycles. The van der Waals surface area contributed by atoms with Crippen molar-refractivity contribution in [1.82, 2.24) is 10.6 Å². The Kier molecular flexibility index (Phi) is 7.54. The summed E-state index contributed by atoms with van der Waals surface area (Å²) in [7, 11) is 0. The summed E-state index contributed by atoms with van der Waals surface area (Å²) in [4.78, 5) is 23.6. The van der Waals surface area contributed by atoms with Gasteiger partial charge in [0.1, 0.15) is 0 Å². The molecule has 0 fully saturated rings. The summed E-state index contributed by atoms with van der Waals surface area (Å²) in [6.07, 6.45) is 1.63. The number of rotatable bonds is 7. The van der Waals surface area contributed by atoms with Crippen LogP contribution in [0.25, 0.3) is 0 Å². The highest BCUT2D eigenvalue weighted by Crippen LogP contribution is 2.22. The smallest absolute Gasteiger partial charge is 0.251 e. The van der Waals surface area contributed by atoms with E-state index in [1.807, 2.05) is 13.8 Å². The van der Waals surface area contributed by atoms with E-state index in [4.69, 9.17) is 23.2 Å². The molecule has 0 radical (unpaired) electrons. The van der Waals surface area contributed by atoms with E-state index in [9.17, 15) is 9.59 Å². The summed E-state index contributed by atoms with van der Waals surface area (Å²) < 4.78 is 0. The van der Waals surface area contributed by atoms with Crippen molar-refractivity contribution in [2.75, 3.05) is 13.1 Å². The van der Waals surface area contributed by atoms with Crippen LogP contribution in [-0.2, 0) is 4.79 Å². The molecule has 0 unspecified atom stereocenters. The first kappa shape index (κ1) is 17.8. The fourth-order valence-corrected chi connectivity index (χ4v) is 2.20. The third-order valence-electron chi connectivity index (χ3n) is 3.25. The summed E-state index contributed by atoms with van der Waals surface area (Å²) in [6, 6.07) is 4.70. The van der Waals surface area contributed by atoms with Crippen molar-refractivity contribution in [1.29, 1.82) is 0 Å². The number of hydrogen-bond donors (Lipinski definition) is 2. The molecule has 2 amide bonds. The molecule has 116 valence electrons. The van der Waals surface area contributed by atoms with E-state index in [1.165, 1.54) is 6.07 Å².